The maximum Gasteiger partial charge on any atom is 0.221 e. The summed E-state index contributed by atoms with van der Waals surface area (Å²) in [5.41, 5.74) is 1.61. The van der Waals surface area contributed by atoms with E-state index in [1.165, 1.54) is 58.3 Å². The first-order chi connectivity index (χ1) is 13.1. The first-order valence-corrected chi connectivity index (χ1v) is 10.4. The Balaban J connectivity index is 2.30. The van der Waals surface area contributed by atoms with Gasteiger partial charge in [-0.3, -0.25) is 4.79 Å². The number of allylic oxidation sites excluding steroid dienone is 2. The smallest absolute Gasteiger partial charge is 0.221 e. The molecule has 0 unspecified atom stereocenters. The normalized spacial score (nSPS) is 11.1. The van der Waals surface area contributed by atoms with Crippen molar-refractivity contribution in [3.8, 4) is 11.5 Å². The molecule has 152 valence electrons. The summed E-state index contributed by atoms with van der Waals surface area (Å²) in [7, 11) is 1.55. The Hall–Kier alpha value is -1.97. The third kappa shape index (κ3) is 9.50. The number of nitrogens with one attached hydrogen (secondary N) is 1. The van der Waals surface area contributed by atoms with Crippen molar-refractivity contribution in [3.05, 3.63) is 29.8 Å². The lowest BCUT2D eigenvalue weighted by atomic mass is 10.0. The highest BCUT2D eigenvalue weighted by atomic mass is 16.5. The summed E-state index contributed by atoms with van der Waals surface area (Å²) < 4.78 is 5.35. The first kappa shape index (κ1) is 23.1. The number of rotatable bonds is 14. The lowest BCUT2D eigenvalue weighted by Crippen LogP contribution is -2.09. The van der Waals surface area contributed by atoms with E-state index in [4.69, 9.17) is 4.74 Å². The Morgan fingerprint density at radius 2 is 1.67 bits per heavy atom. The third-order valence-electron chi connectivity index (χ3n) is 4.69. The number of ether oxygens (including phenoxy) is 1. The molecule has 0 aliphatic rings. The number of phenolic OH excluding ortho intramolecular Hbond substituents is 1. The molecule has 0 atom stereocenters. The topological polar surface area (TPSA) is 58.6 Å². The standard InChI is InChI=1S/C23H37NO3/c1-4-5-6-7-8-9-10-11-12-13-14-15-16-20-21(24-19(2)25)17-18-22(26)23(20)27-3/h7-8,17-18,26H,4-6,9-16H2,1-3H3,(H,24,25). The van der Waals surface area contributed by atoms with Crippen LogP contribution in [0.5, 0.6) is 11.5 Å². The lowest BCUT2D eigenvalue weighted by molar-refractivity contribution is -0.114. The van der Waals surface area contributed by atoms with Crippen LogP contribution in [0.25, 0.3) is 0 Å². The number of anilines is 1. The van der Waals surface area contributed by atoms with E-state index in [0.29, 0.717) is 5.75 Å². The summed E-state index contributed by atoms with van der Waals surface area (Å²) in [6.07, 6.45) is 17.6. The molecule has 0 aromatic heterocycles. The van der Waals surface area contributed by atoms with E-state index in [1.54, 1.807) is 19.2 Å². The monoisotopic (exact) mass is 375 g/mol. The van der Waals surface area contributed by atoms with Gasteiger partial charge in [-0.2, -0.15) is 0 Å². The number of carbonyl (C=O) groups excluding carboxylic acids is 1. The van der Waals surface area contributed by atoms with Crippen molar-refractivity contribution in [3.63, 3.8) is 0 Å². The van der Waals surface area contributed by atoms with E-state index in [-0.39, 0.29) is 11.7 Å². The minimum absolute atomic E-state index is 0.118. The second-order valence-corrected chi connectivity index (χ2v) is 7.10. The van der Waals surface area contributed by atoms with Gasteiger partial charge in [-0.15, -0.1) is 0 Å². The van der Waals surface area contributed by atoms with Crippen LogP contribution in [0, 0.1) is 0 Å². The summed E-state index contributed by atoms with van der Waals surface area (Å²) in [6.45, 7) is 3.72. The van der Waals surface area contributed by atoms with Crippen LogP contribution in [0.4, 0.5) is 5.69 Å². The summed E-state index contributed by atoms with van der Waals surface area (Å²) in [4.78, 5) is 11.4. The number of amides is 1. The van der Waals surface area contributed by atoms with E-state index < -0.39 is 0 Å². The molecule has 0 saturated carbocycles. The van der Waals surface area contributed by atoms with Crippen molar-refractivity contribution in [2.75, 3.05) is 12.4 Å². The number of carbonyl (C=O) groups is 1. The van der Waals surface area contributed by atoms with Crippen LogP contribution in [0.2, 0.25) is 0 Å². The van der Waals surface area contributed by atoms with Gasteiger partial charge in [-0.1, -0.05) is 57.6 Å². The molecule has 2 N–H and O–H groups in total. The zero-order chi connectivity index (χ0) is 19.9. The van der Waals surface area contributed by atoms with Crippen molar-refractivity contribution >= 4 is 11.6 Å². The van der Waals surface area contributed by atoms with E-state index in [0.717, 1.165) is 30.5 Å². The summed E-state index contributed by atoms with van der Waals surface area (Å²) >= 11 is 0. The number of hydrogen-bond donors (Lipinski definition) is 2. The molecule has 27 heavy (non-hydrogen) atoms. The third-order valence-corrected chi connectivity index (χ3v) is 4.69. The average Bonchev–Trinajstić information content (AvgIpc) is 2.64. The van der Waals surface area contributed by atoms with Gasteiger partial charge in [0.25, 0.3) is 0 Å². The molecule has 4 heteroatoms. The second-order valence-electron chi connectivity index (χ2n) is 7.10. The Morgan fingerprint density at radius 1 is 1.04 bits per heavy atom. The van der Waals surface area contributed by atoms with Crippen LogP contribution < -0.4 is 10.1 Å². The number of benzene rings is 1. The van der Waals surface area contributed by atoms with Gasteiger partial charge < -0.3 is 15.2 Å². The van der Waals surface area contributed by atoms with Crippen LogP contribution >= 0.6 is 0 Å². The molecule has 1 aromatic rings. The molecule has 0 heterocycles. The number of unbranched alkanes of at least 4 members (excludes halogenated alkanes) is 8. The summed E-state index contributed by atoms with van der Waals surface area (Å²) in [5.74, 6) is 0.470. The average molecular weight is 376 g/mol. The fourth-order valence-corrected chi connectivity index (χ4v) is 3.23. The fraction of sp³-hybridized carbons (Fsp3) is 0.609. The fourth-order valence-electron chi connectivity index (χ4n) is 3.23. The van der Waals surface area contributed by atoms with Crippen LogP contribution in [0.15, 0.2) is 24.3 Å². The maximum absolute atomic E-state index is 11.4. The molecule has 0 aliphatic heterocycles. The molecule has 0 saturated heterocycles. The molecule has 1 amide bonds. The Kier molecular flexibility index (Phi) is 12.1. The highest BCUT2D eigenvalue weighted by molar-refractivity contribution is 5.90. The van der Waals surface area contributed by atoms with Crippen molar-refractivity contribution in [1.82, 2.24) is 0 Å². The van der Waals surface area contributed by atoms with Gasteiger partial charge in [-0.05, 0) is 44.2 Å². The van der Waals surface area contributed by atoms with Crippen molar-refractivity contribution in [1.29, 1.82) is 0 Å². The predicted octanol–water partition coefficient (Wildman–Crippen LogP) is 6.38. The van der Waals surface area contributed by atoms with Crippen LogP contribution in [0.1, 0.15) is 83.6 Å². The van der Waals surface area contributed by atoms with Crippen LogP contribution in [-0.2, 0) is 11.2 Å². The predicted molar refractivity (Wildman–Crippen MR) is 114 cm³/mol. The van der Waals surface area contributed by atoms with E-state index in [1.807, 2.05) is 0 Å². The summed E-state index contributed by atoms with van der Waals surface area (Å²) in [5, 5.41) is 12.8. The molecule has 0 aliphatic carbocycles. The van der Waals surface area contributed by atoms with Gasteiger partial charge >= 0.3 is 0 Å². The Labute approximate surface area is 165 Å². The maximum atomic E-state index is 11.4. The molecule has 1 aromatic carbocycles. The van der Waals surface area contributed by atoms with Crippen molar-refractivity contribution in [2.45, 2.75) is 84.5 Å². The van der Waals surface area contributed by atoms with Crippen molar-refractivity contribution < 1.29 is 14.6 Å². The van der Waals surface area contributed by atoms with Gasteiger partial charge in [0, 0.05) is 18.2 Å². The minimum atomic E-state index is -0.118. The highest BCUT2D eigenvalue weighted by Gasteiger charge is 2.14. The number of hydrogen-bond acceptors (Lipinski definition) is 3. The zero-order valence-corrected chi connectivity index (χ0v) is 17.4. The second kappa shape index (κ2) is 14.1. The van der Waals surface area contributed by atoms with Gasteiger partial charge in [0.1, 0.15) is 0 Å². The van der Waals surface area contributed by atoms with Gasteiger partial charge in [0.15, 0.2) is 11.5 Å². The molecular formula is C23H37NO3. The van der Waals surface area contributed by atoms with Crippen molar-refractivity contribution in [2.24, 2.45) is 0 Å². The van der Waals surface area contributed by atoms with E-state index >= 15 is 0 Å². The highest BCUT2D eigenvalue weighted by Crippen LogP contribution is 2.36. The van der Waals surface area contributed by atoms with Gasteiger partial charge in [0.2, 0.25) is 5.91 Å². The number of phenols is 1. The lowest BCUT2D eigenvalue weighted by Gasteiger charge is -2.15. The Morgan fingerprint density at radius 3 is 2.30 bits per heavy atom. The molecular weight excluding hydrogens is 338 g/mol. The van der Waals surface area contributed by atoms with Gasteiger partial charge in [-0.25, -0.2) is 0 Å². The molecule has 0 bridgehead atoms. The zero-order valence-electron chi connectivity index (χ0n) is 17.4. The molecule has 0 spiro atoms. The van der Waals surface area contributed by atoms with Crippen LogP contribution in [-0.4, -0.2) is 18.1 Å². The first-order valence-electron chi connectivity index (χ1n) is 10.4. The van der Waals surface area contributed by atoms with Gasteiger partial charge in [0.05, 0.1) is 7.11 Å². The van der Waals surface area contributed by atoms with E-state index in [2.05, 4.69) is 24.4 Å². The molecule has 1 rings (SSSR count). The quantitative estimate of drug-likeness (QED) is 0.225. The minimum Gasteiger partial charge on any atom is -0.504 e. The largest absolute Gasteiger partial charge is 0.504 e. The van der Waals surface area contributed by atoms with Crippen LogP contribution in [0.3, 0.4) is 0 Å². The SMILES string of the molecule is CCCCC=CCCCCCCCCc1c(NC(C)=O)ccc(O)c1OC. The number of methoxy groups -OCH3 is 1. The Bertz CT molecular complexity index is 581. The molecule has 0 fully saturated rings. The number of aromatic hydroxyl groups is 1. The molecule has 4 nitrogen and oxygen atoms in total. The molecule has 0 radical (unpaired) electrons. The van der Waals surface area contributed by atoms with E-state index in [9.17, 15) is 9.90 Å². The summed E-state index contributed by atoms with van der Waals surface area (Å²) in [6, 6.07) is 3.30.